The van der Waals surface area contributed by atoms with E-state index >= 15 is 0 Å². The average molecular weight is 319 g/mol. The highest BCUT2D eigenvalue weighted by atomic mass is 32.2. The Morgan fingerprint density at radius 3 is 2.45 bits per heavy atom. The fourth-order valence-electron chi connectivity index (χ4n) is 2.00. The van der Waals surface area contributed by atoms with E-state index in [-0.39, 0.29) is 6.04 Å². The van der Waals surface area contributed by atoms with Gasteiger partial charge in [0.25, 0.3) is 0 Å². The minimum Gasteiger partial charge on any atom is -0.312 e. The zero-order valence-corrected chi connectivity index (χ0v) is 14.5. The Kier molecular flexibility index (Phi) is 7.15. The van der Waals surface area contributed by atoms with Gasteiger partial charge in [-0.2, -0.15) is 0 Å². The second-order valence-electron chi connectivity index (χ2n) is 4.94. The van der Waals surface area contributed by atoms with Crippen molar-refractivity contribution in [1.82, 2.24) is 10.0 Å². The number of nitrogens with one attached hydrogen (secondary N) is 2. The number of hydrogen-bond acceptors (Lipinski definition) is 4. The Hall–Kier alpha value is -0.430. The highest BCUT2D eigenvalue weighted by Crippen LogP contribution is 2.26. The molecule has 0 aromatic carbocycles. The molecule has 20 heavy (non-hydrogen) atoms. The van der Waals surface area contributed by atoms with Crippen LogP contribution in [0, 0.1) is 6.92 Å². The molecule has 1 heterocycles. The lowest BCUT2D eigenvalue weighted by Crippen LogP contribution is -2.33. The standard InChI is InChI=1S/C14H26N2O2S2/c1-5-8-15-10-13-9-14(11(4)19-13)20(17,18)16-12(6-2)7-3/h9,12,15-16H,5-8,10H2,1-4H3. The minimum atomic E-state index is -3.39. The largest absolute Gasteiger partial charge is 0.312 e. The van der Waals surface area contributed by atoms with Gasteiger partial charge in [0.05, 0.1) is 4.90 Å². The van der Waals surface area contributed by atoms with Gasteiger partial charge >= 0.3 is 0 Å². The third kappa shape index (κ3) is 4.84. The molecule has 0 unspecified atom stereocenters. The Labute approximate surface area is 127 Å². The van der Waals surface area contributed by atoms with E-state index in [1.54, 1.807) is 17.4 Å². The Morgan fingerprint density at radius 1 is 1.25 bits per heavy atom. The van der Waals surface area contributed by atoms with Gasteiger partial charge < -0.3 is 5.32 Å². The predicted octanol–water partition coefficient (Wildman–Crippen LogP) is 3.02. The molecule has 0 atom stereocenters. The third-order valence-electron chi connectivity index (χ3n) is 3.25. The van der Waals surface area contributed by atoms with Gasteiger partial charge in [-0.05, 0) is 38.8 Å². The molecular weight excluding hydrogens is 292 g/mol. The summed E-state index contributed by atoms with van der Waals surface area (Å²) >= 11 is 1.55. The SMILES string of the molecule is CCCNCc1cc(S(=O)(=O)NC(CC)CC)c(C)s1. The van der Waals surface area contributed by atoms with E-state index < -0.39 is 10.0 Å². The van der Waals surface area contributed by atoms with Crippen LogP contribution in [0.1, 0.15) is 49.8 Å². The van der Waals surface area contributed by atoms with Crippen LogP contribution >= 0.6 is 11.3 Å². The molecule has 1 aromatic heterocycles. The van der Waals surface area contributed by atoms with Crippen LogP contribution in [0.4, 0.5) is 0 Å². The summed E-state index contributed by atoms with van der Waals surface area (Å²) in [4.78, 5) is 2.36. The first-order valence-electron chi connectivity index (χ1n) is 7.26. The first kappa shape index (κ1) is 17.6. The molecule has 0 saturated heterocycles. The highest BCUT2D eigenvalue weighted by molar-refractivity contribution is 7.89. The predicted molar refractivity (Wildman–Crippen MR) is 85.7 cm³/mol. The summed E-state index contributed by atoms with van der Waals surface area (Å²) in [5.41, 5.74) is 0. The van der Waals surface area contributed by atoms with E-state index in [1.807, 2.05) is 20.8 Å². The molecule has 1 rings (SSSR count). The molecular formula is C14H26N2O2S2. The quantitative estimate of drug-likeness (QED) is 0.688. The maximum absolute atomic E-state index is 12.4. The maximum Gasteiger partial charge on any atom is 0.241 e. The van der Waals surface area contributed by atoms with Gasteiger partial charge in [0.2, 0.25) is 10.0 Å². The molecule has 2 N–H and O–H groups in total. The highest BCUT2D eigenvalue weighted by Gasteiger charge is 2.22. The van der Waals surface area contributed by atoms with E-state index in [9.17, 15) is 8.42 Å². The zero-order chi connectivity index (χ0) is 15.2. The number of aryl methyl sites for hydroxylation is 1. The normalized spacial score (nSPS) is 12.2. The van der Waals surface area contributed by atoms with Gasteiger partial charge in [-0.15, -0.1) is 11.3 Å². The van der Waals surface area contributed by atoms with Gasteiger partial charge in [-0.3, -0.25) is 0 Å². The van der Waals surface area contributed by atoms with Crippen molar-refractivity contribution >= 4 is 21.4 Å². The summed E-state index contributed by atoms with van der Waals surface area (Å²) in [6.07, 6.45) is 2.69. The van der Waals surface area contributed by atoms with Crippen molar-refractivity contribution in [3.63, 3.8) is 0 Å². The van der Waals surface area contributed by atoms with Gasteiger partial charge in [0.15, 0.2) is 0 Å². The summed E-state index contributed by atoms with van der Waals surface area (Å²) in [5, 5.41) is 3.30. The van der Waals surface area contributed by atoms with E-state index in [4.69, 9.17) is 0 Å². The van der Waals surface area contributed by atoms with Crippen LogP contribution in [0.5, 0.6) is 0 Å². The van der Waals surface area contributed by atoms with Crippen molar-refractivity contribution in [2.45, 2.75) is 64.4 Å². The van der Waals surface area contributed by atoms with Crippen LogP contribution in [0.25, 0.3) is 0 Å². The summed E-state index contributed by atoms with van der Waals surface area (Å²) in [5.74, 6) is 0. The molecule has 6 heteroatoms. The maximum atomic E-state index is 12.4. The number of sulfonamides is 1. The van der Waals surface area contributed by atoms with Crippen LogP contribution in [0.2, 0.25) is 0 Å². The van der Waals surface area contributed by atoms with Crippen LogP contribution in [0.3, 0.4) is 0 Å². The minimum absolute atomic E-state index is 0.0148. The molecule has 4 nitrogen and oxygen atoms in total. The number of rotatable bonds is 9. The van der Waals surface area contributed by atoms with Crippen LogP contribution in [-0.2, 0) is 16.6 Å². The zero-order valence-electron chi connectivity index (χ0n) is 12.8. The average Bonchev–Trinajstić information content (AvgIpc) is 2.78. The molecule has 0 aliphatic heterocycles. The lowest BCUT2D eigenvalue weighted by molar-refractivity contribution is 0.530. The molecule has 0 saturated carbocycles. The van der Waals surface area contributed by atoms with Crippen molar-refractivity contribution in [1.29, 1.82) is 0 Å². The molecule has 0 radical (unpaired) electrons. The van der Waals surface area contributed by atoms with Crippen molar-refractivity contribution in [3.05, 3.63) is 15.8 Å². The van der Waals surface area contributed by atoms with E-state index in [1.165, 1.54) is 0 Å². The van der Waals surface area contributed by atoms with Crippen LogP contribution in [0.15, 0.2) is 11.0 Å². The topological polar surface area (TPSA) is 58.2 Å². The summed E-state index contributed by atoms with van der Waals surface area (Å²) < 4.78 is 27.6. The van der Waals surface area contributed by atoms with Crippen molar-refractivity contribution < 1.29 is 8.42 Å². The second-order valence-corrected chi connectivity index (χ2v) is 7.97. The van der Waals surface area contributed by atoms with E-state index in [0.717, 1.165) is 42.1 Å². The number of thiophene rings is 1. The molecule has 0 amide bonds. The van der Waals surface area contributed by atoms with E-state index in [2.05, 4.69) is 17.0 Å². The molecule has 0 aliphatic rings. The summed E-state index contributed by atoms with van der Waals surface area (Å²) in [6.45, 7) is 9.66. The monoisotopic (exact) mass is 318 g/mol. The van der Waals surface area contributed by atoms with E-state index in [0.29, 0.717) is 4.90 Å². The summed E-state index contributed by atoms with van der Waals surface area (Å²) in [6, 6.07) is 1.81. The Balaban J connectivity index is 2.84. The lowest BCUT2D eigenvalue weighted by Gasteiger charge is -2.14. The van der Waals surface area contributed by atoms with Crippen molar-refractivity contribution in [3.8, 4) is 0 Å². The van der Waals surface area contributed by atoms with Gasteiger partial charge in [-0.25, -0.2) is 13.1 Å². The Morgan fingerprint density at radius 2 is 1.90 bits per heavy atom. The molecule has 0 spiro atoms. The first-order chi connectivity index (χ1) is 9.44. The molecule has 0 aliphatic carbocycles. The molecule has 116 valence electrons. The van der Waals surface area contributed by atoms with Crippen molar-refractivity contribution in [2.24, 2.45) is 0 Å². The first-order valence-corrected chi connectivity index (χ1v) is 9.56. The van der Waals surface area contributed by atoms with Crippen LogP contribution < -0.4 is 10.0 Å². The molecule has 0 bridgehead atoms. The smallest absolute Gasteiger partial charge is 0.241 e. The fraction of sp³-hybridized carbons (Fsp3) is 0.714. The van der Waals surface area contributed by atoms with Crippen molar-refractivity contribution in [2.75, 3.05) is 6.54 Å². The summed E-state index contributed by atoms with van der Waals surface area (Å²) in [7, 11) is -3.39. The van der Waals surface area contributed by atoms with Gasteiger partial charge in [0.1, 0.15) is 0 Å². The third-order valence-corrected chi connectivity index (χ3v) is 6.07. The molecule has 0 fully saturated rings. The second kappa shape index (κ2) is 8.12. The fourth-order valence-corrected chi connectivity index (χ4v) is 5.01. The molecule has 1 aromatic rings. The van der Waals surface area contributed by atoms with Gasteiger partial charge in [-0.1, -0.05) is 20.8 Å². The lowest BCUT2D eigenvalue weighted by atomic mass is 10.2. The number of hydrogen-bond donors (Lipinski definition) is 2. The van der Waals surface area contributed by atoms with Crippen LogP contribution in [-0.4, -0.2) is 21.0 Å². The van der Waals surface area contributed by atoms with Gasteiger partial charge in [0, 0.05) is 22.3 Å². The Bertz CT molecular complexity index is 505.